The summed E-state index contributed by atoms with van der Waals surface area (Å²) in [6.07, 6.45) is 7.07. The lowest BCUT2D eigenvalue weighted by molar-refractivity contribution is -0.207. The van der Waals surface area contributed by atoms with Crippen molar-refractivity contribution < 1.29 is 14.6 Å². The Morgan fingerprint density at radius 3 is 2.39 bits per heavy atom. The molecule has 0 bridgehead atoms. The Balaban J connectivity index is 2.18. The summed E-state index contributed by atoms with van der Waals surface area (Å²) < 4.78 is 5.87. The lowest BCUT2D eigenvalue weighted by Crippen LogP contribution is -2.56. The van der Waals surface area contributed by atoms with E-state index in [9.17, 15) is 9.90 Å². The van der Waals surface area contributed by atoms with Crippen molar-refractivity contribution in [3.05, 3.63) is 0 Å². The van der Waals surface area contributed by atoms with Crippen LogP contribution in [0.2, 0.25) is 0 Å². The molecule has 1 N–H and O–H groups in total. The van der Waals surface area contributed by atoms with Gasteiger partial charge in [0.1, 0.15) is 11.2 Å². The number of aliphatic hydroxyl groups is 1. The molecular formula is C15H26O3. The van der Waals surface area contributed by atoms with Crippen LogP contribution in [0.15, 0.2) is 0 Å². The average molecular weight is 254 g/mol. The van der Waals surface area contributed by atoms with E-state index in [4.69, 9.17) is 4.74 Å². The van der Waals surface area contributed by atoms with Crippen LogP contribution in [-0.2, 0) is 9.53 Å². The van der Waals surface area contributed by atoms with E-state index in [0.29, 0.717) is 0 Å². The summed E-state index contributed by atoms with van der Waals surface area (Å²) in [6.45, 7) is 5.84. The number of hydrogen-bond donors (Lipinski definition) is 1. The van der Waals surface area contributed by atoms with Gasteiger partial charge in [-0.05, 0) is 58.8 Å². The molecule has 3 heteroatoms. The molecule has 2 unspecified atom stereocenters. The fraction of sp³-hybridized carbons (Fsp3) is 0.933. The maximum atomic E-state index is 12.3. The monoisotopic (exact) mass is 254 g/mol. The van der Waals surface area contributed by atoms with Gasteiger partial charge in [0.05, 0.1) is 5.41 Å². The van der Waals surface area contributed by atoms with Crippen LogP contribution in [0.1, 0.15) is 72.1 Å². The summed E-state index contributed by atoms with van der Waals surface area (Å²) in [4.78, 5) is 12.3. The minimum atomic E-state index is -0.759. The fourth-order valence-electron chi connectivity index (χ4n) is 3.32. The highest BCUT2D eigenvalue weighted by molar-refractivity contribution is 5.76. The molecule has 2 aliphatic carbocycles. The maximum Gasteiger partial charge on any atom is 0.312 e. The summed E-state index contributed by atoms with van der Waals surface area (Å²) in [5.74, 6) is -0.146. The normalized spacial score (nSPS) is 36.2. The van der Waals surface area contributed by atoms with E-state index in [1.165, 1.54) is 0 Å². The zero-order chi connectivity index (χ0) is 13.4. The molecule has 3 nitrogen and oxygen atoms in total. The lowest BCUT2D eigenvalue weighted by atomic mass is 9.73. The molecule has 0 spiro atoms. The molecule has 2 fully saturated rings. The molecule has 2 saturated carbocycles. The summed E-state index contributed by atoms with van der Waals surface area (Å²) in [5, 5.41) is 10.8. The number of ether oxygens (including phenoxy) is 1. The predicted molar refractivity (Wildman–Crippen MR) is 70.2 cm³/mol. The van der Waals surface area contributed by atoms with Gasteiger partial charge in [0.2, 0.25) is 0 Å². The highest BCUT2D eigenvalue weighted by atomic mass is 16.6. The molecule has 0 aliphatic heterocycles. The molecule has 0 aromatic heterocycles. The second-order valence-electron chi connectivity index (χ2n) is 6.71. The van der Waals surface area contributed by atoms with Crippen molar-refractivity contribution in [3.63, 3.8) is 0 Å². The molecule has 0 aromatic rings. The highest BCUT2D eigenvalue weighted by Crippen LogP contribution is 2.51. The van der Waals surface area contributed by atoms with Gasteiger partial charge in [-0.25, -0.2) is 0 Å². The van der Waals surface area contributed by atoms with Crippen molar-refractivity contribution in [1.82, 2.24) is 0 Å². The summed E-state index contributed by atoms with van der Waals surface area (Å²) >= 11 is 0. The minimum absolute atomic E-state index is 0.146. The van der Waals surface area contributed by atoms with Gasteiger partial charge in [0, 0.05) is 0 Å². The third kappa shape index (κ3) is 2.07. The molecule has 0 aromatic carbocycles. The van der Waals surface area contributed by atoms with Crippen LogP contribution in [-0.4, -0.2) is 22.3 Å². The average Bonchev–Trinajstić information content (AvgIpc) is 2.66. The third-order valence-electron chi connectivity index (χ3n) is 5.16. The first kappa shape index (κ1) is 13.9. The molecule has 0 saturated heterocycles. The van der Waals surface area contributed by atoms with Gasteiger partial charge in [-0.1, -0.05) is 13.3 Å². The zero-order valence-corrected chi connectivity index (χ0v) is 11.9. The highest BCUT2D eigenvalue weighted by Gasteiger charge is 2.58. The van der Waals surface area contributed by atoms with Gasteiger partial charge in [0.15, 0.2) is 0 Å². The molecule has 18 heavy (non-hydrogen) atoms. The van der Waals surface area contributed by atoms with E-state index in [1.807, 2.05) is 20.8 Å². The lowest BCUT2D eigenvalue weighted by Gasteiger charge is -2.46. The Bertz CT molecular complexity index is 337. The molecule has 0 heterocycles. The van der Waals surface area contributed by atoms with E-state index < -0.39 is 16.6 Å². The first-order valence-corrected chi connectivity index (χ1v) is 7.31. The standard InChI is InChI=1S/C15H26O3/c1-4-13(2,3)12(16)18-15-10-6-5-8-14(15,17)9-7-11-15/h17H,4-11H2,1-3H3. The van der Waals surface area contributed by atoms with Crippen LogP contribution in [0.25, 0.3) is 0 Å². The topological polar surface area (TPSA) is 46.5 Å². The van der Waals surface area contributed by atoms with E-state index in [-0.39, 0.29) is 5.97 Å². The summed E-state index contributed by atoms with van der Waals surface area (Å²) in [5.41, 5.74) is -1.80. The van der Waals surface area contributed by atoms with Gasteiger partial charge in [-0.3, -0.25) is 4.79 Å². The van der Waals surface area contributed by atoms with Gasteiger partial charge in [-0.15, -0.1) is 0 Å². The van der Waals surface area contributed by atoms with Crippen LogP contribution in [0.5, 0.6) is 0 Å². The van der Waals surface area contributed by atoms with Crippen LogP contribution in [0.4, 0.5) is 0 Å². The first-order valence-electron chi connectivity index (χ1n) is 7.31. The number of rotatable bonds is 3. The quantitative estimate of drug-likeness (QED) is 0.787. The zero-order valence-electron chi connectivity index (χ0n) is 11.9. The van der Waals surface area contributed by atoms with E-state index in [0.717, 1.165) is 51.4 Å². The molecule has 2 atom stereocenters. The second-order valence-corrected chi connectivity index (χ2v) is 6.71. The van der Waals surface area contributed by atoms with Crippen LogP contribution >= 0.6 is 0 Å². The Hall–Kier alpha value is -0.570. The van der Waals surface area contributed by atoms with Gasteiger partial charge in [0.25, 0.3) is 0 Å². The van der Waals surface area contributed by atoms with E-state index in [2.05, 4.69) is 0 Å². The molecule has 2 rings (SSSR count). The van der Waals surface area contributed by atoms with Gasteiger partial charge >= 0.3 is 5.97 Å². The van der Waals surface area contributed by atoms with Crippen LogP contribution in [0, 0.1) is 5.41 Å². The van der Waals surface area contributed by atoms with Gasteiger partial charge < -0.3 is 9.84 Å². The fourth-order valence-corrected chi connectivity index (χ4v) is 3.32. The molecule has 0 radical (unpaired) electrons. The largest absolute Gasteiger partial charge is 0.456 e. The van der Waals surface area contributed by atoms with Crippen LogP contribution < -0.4 is 0 Å². The van der Waals surface area contributed by atoms with E-state index >= 15 is 0 Å². The number of carbonyl (C=O) groups is 1. The Morgan fingerprint density at radius 2 is 1.72 bits per heavy atom. The summed E-state index contributed by atoms with van der Waals surface area (Å²) in [7, 11) is 0. The van der Waals surface area contributed by atoms with Crippen molar-refractivity contribution in [1.29, 1.82) is 0 Å². The number of hydrogen-bond acceptors (Lipinski definition) is 3. The van der Waals surface area contributed by atoms with Crippen LogP contribution in [0.3, 0.4) is 0 Å². The number of fused-ring (bicyclic) bond motifs is 1. The smallest absolute Gasteiger partial charge is 0.312 e. The maximum absolute atomic E-state index is 12.3. The van der Waals surface area contributed by atoms with Crippen molar-refractivity contribution in [2.24, 2.45) is 5.41 Å². The molecule has 104 valence electrons. The SMILES string of the molecule is CCC(C)(C)C(=O)OC12CCCCC1(O)CCC2. The van der Waals surface area contributed by atoms with Crippen molar-refractivity contribution in [2.75, 3.05) is 0 Å². The molecule has 2 aliphatic rings. The van der Waals surface area contributed by atoms with Crippen molar-refractivity contribution >= 4 is 5.97 Å². The number of carbonyl (C=O) groups excluding carboxylic acids is 1. The number of esters is 1. The molecule has 0 amide bonds. The molecular weight excluding hydrogens is 228 g/mol. The van der Waals surface area contributed by atoms with E-state index in [1.54, 1.807) is 0 Å². The third-order valence-corrected chi connectivity index (χ3v) is 5.16. The Labute approximate surface area is 110 Å². The van der Waals surface area contributed by atoms with Crippen molar-refractivity contribution in [2.45, 2.75) is 83.3 Å². The van der Waals surface area contributed by atoms with Gasteiger partial charge in [-0.2, -0.15) is 0 Å². The predicted octanol–water partition coefficient (Wildman–Crippen LogP) is 3.19. The summed E-state index contributed by atoms with van der Waals surface area (Å²) in [6, 6.07) is 0. The Kier molecular flexibility index (Phi) is 3.48. The minimum Gasteiger partial charge on any atom is -0.456 e. The Morgan fingerprint density at radius 1 is 1.17 bits per heavy atom. The second kappa shape index (κ2) is 4.52. The van der Waals surface area contributed by atoms with Crippen molar-refractivity contribution in [3.8, 4) is 0 Å². The first-order chi connectivity index (χ1) is 8.35.